The number of rotatable bonds is 1. The molecule has 3 rings (SSSR count). The van der Waals surface area contributed by atoms with Crippen LogP contribution in [0.1, 0.15) is 32.1 Å². The summed E-state index contributed by atoms with van der Waals surface area (Å²) in [6, 6.07) is 0.344. The fraction of sp³-hybridized carbons (Fsp3) is 0.900. The quantitative estimate of drug-likeness (QED) is 0.609. The van der Waals surface area contributed by atoms with E-state index in [1.54, 1.807) is 0 Å². The second-order valence-electron chi connectivity index (χ2n) is 4.51. The van der Waals surface area contributed by atoms with Crippen molar-refractivity contribution in [1.82, 2.24) is 5.32 Å². The van der Waals surface area contributed by atoms with Crippen LogP contribution in [-0.2, 0) is 9.53 Å². The molecule has 2 atom stereocenters. The predicted molar refractivity (Wildman–Crippen MR) is 47.2 cm³/mol. The zero-order valence-corrected chi connectivity index (χ0v) is 7.71. The second kappa shape index (κ2) is 2.47. The van der Waals surface area contributed by atoms with Crippen molar-refractivity contribution in [2.75, 3.05) is 6.61 Å². The number of carbonyl (C=O) groups excluding carboxylic acids is 1. The molecular weight excluding hydrogens is 166 g/mol. The molecule has 0 radical (unpaired) electrons. The van der Waals surface area contributed by atoms with Gasteiger partial charge in [-0.15, -0.1) is 0 Å². The van der Waals surface area contributed by atoms with Gasteiger partial charge in [-0.2, -0.15) is 0 Å². The predicted octanol–water partition coefficient (Wildman–Crippen LogP) is 0.834. The van der Waals surface area contributed by atoms with Crippen LogP contribution in [0.25, 0.3) is 0 Å². The molecule has 2 saturated heterocycles. The van der Waals surface area contributed by atoms with Gasteiger partial charge >= 0.3 is 0 Å². The van der Waals surface area contributed by atoms with Crippen LogP contribution < -0.4 is 5.32 Å². The molecule has 0 aromatic rings. The van der Waals surface area contributed by atoms with Crippen LogP contribution in [0.2, 0.25) is 0 Å². The van der Waals surface area contributed by atoms with E-state index in [9.17, 15) is 4.79 Å². The first-order chi connectivity index (χ1) is 6.33. The van der Waals surface area contributed by atoms with Gasteiger partial charge in [-0.1, -0.05) is 6.42 Å². The van der Waals surface area contributed by atoms with E-state index in [1.807, 2.05) is 0 Å². The Morgan fingerprint density at radius 3 is 2.69 bits per heavy atom. The first-order valence-electron chi connectivity index (χ1n) is 5.25. The molecule has 1 amide bonds. The Kier molecular flexibility index (Phi) is 1.48. The average molecular weight is 181 g/mol. The summed E-state index contributed by atoms with van der Waals surface area (Å²) in [4.78, 5) is 11.4. The van der Waals surface area contributed by atoms with Gasteiger partial charge in [-0.25, -0.2) is 0 Å². The van der Waals surface area contributed by atoms with E-state index in [1.165, 1.54) is 6.42 Å². The monoisotopic (exact) mass is 181 g/mol. The van der Waals surface area contributed by atoms with E-state index in [4.69, 9.17) is 4.74 Å². The first-order valence-corrected chi connectivity index (χ1v) is 5.25. The zero-order valence-electron chi connectivity index (χ0n) is 7.71. The minimum Gasteiger partial charge on any atom is -0.376 e. The van der Waals surface area contributed by atoms with Crippen LogP contribution in [0, 0.1) is 5.41 Å². The van der Waals surface area contributed by atoms with E-state index in [0.29, 0.717) is 12.1 Å². The molecule has 0 bridgehead atoms. The normalized spacial score (nSPS) is 41.1. The van der Waals surface area contributed by atoms with Gasteiger partial charge in [0.2, 0.25) is 5.91 Å². The summed E-state index contributed by atoms with van der Waals surface area (Å²) >= 11 is 0. The summed E-state index contributed by atoms with van der Waals surface area (Å²) in [6.45, 7) is 0.882. The summed E-state index contributed by atoms with van der Waals surface area (Å²) in [5.74, 6) is 0.277. The van der Waals surface area contributed by atoms with Gasteiger partial charge in [0.1, 0.15) is 0 Å². The van der Waals surface area contributed by atoms with Crippen molar-refractivity contribution in [3.05, 3.63) is 0 Å². The molecule has 0 aromatic carbocycles. The Labute approximate surface area is 77.8 Å². The van der Waals surface area contributed by atoms with Gasteiger partial charge in [0.05, 0.1) is 17.6 Å². The van der Waals surface area contributed by atoms with Crippen LogP contribution in [0.5, 0.6) is 0 Å². The maximum atomic E-state index is 11.4. The maximum absolute atomic E-state index is 11.4. The SMILES string of the molecule is O=C1NC(C2CCCO2)C12CCC2. The highest BCUT2D eigenvalue weighted by Gasteiger charge is 2.61. The van der Waals surface area contributed by atoms with E-state index in [2.05, 4.69) is 5.32 Å². The molecule has 3 fully saturated rings. The Balaban J connectivity index is 1.75. The molecule has 3 aliphatic rings. The van der Waals surface area contributed by atoms with E-state index in [0.717, 1.165) is 32.3 Å². The van der Waals surface area contributed by atoms with Gasteiger partial charge in [0, 0.05) is 6.61 Å². The standard InChI is InChI=1S/C10H15NO2/c12-9-10(4-2-5-10)8(11-9)7-3-1-6-13-7/h7-8H,1-6H2,(H,11,12). The molecule has 3 nitrogen and oxygen atoms in total. The lowest BCUT2D eigenvalue weighted by Gasteiger charge is -2.56. The Bertz CT molecular complexity index is 241. The van der Waals surface area contributed by atoms with Crippen LogP contribution in [0.15, 0.2) is 0 Å². The molecule has 72 valence electrons. The van der Waals surface area contributed by atoms with Crippen molar-refractivity contribution < 1.29 is 9.53 Å². The largest absolute Gasteiger partial charge is 0.376 e. The Morgan fingerprint density at radius 1 is 1.38 bits per heavy atom. The zero-order chi connectivity index (χ0) is 8.89. The number of hydrogen-bond acceptors (Lipinski definition) is 2. The molecule has 1 saturated carbocycles. The lowest BCUT2D eigenvalue weighted by molar-refractivity contribution is -0.163. The smallest absolute Gasteiger partial charge is 0.228 e. The lowest BCUT2D eigenvalue weighted by atomic mass is 9.57. The number of ether oxygens (including phenoxy) is 1. The molecule has 1 spiro atoms. The van der Waals surface area contributed by atoms with Crippen molar-refractivity contribution in [2.45, 2.75) is 44.2 Å². The topological polar surface area (TPSA) is 38.3 Å². The van der Waals surface area contributed by atoms with Gasteiger partial charge < -0.3 is 10.1 Å². The molecule has 2 aliphatic heterocycles. The number of hydrogen-bond donors (Lipinski definition) is 1. The molecule has 1 N–H and O–H groups in total. The van der Waals surface area contributed by atoms with Crippen LogP contribution in [-0.4, -0.2) is 24.7 Å². The van der Waals surface area contributed by atoms with Crippen molar-refractivity contribution in [3.8, 4) is 0 Å². The van der Waals surface area contributed by atoms with Crippen molar-refractivity contribution in [1.29, 1.82) is 0 Å². The molecule has 3 heteroatoms. The average Bonchev–Trinajstić information content (AvgIpc) is 2.48. The highest BCUT2D eigenvalue weighted by molar-refractivity contribution is 5.91. The lowest BCUT2D eigenvalue weighted by Crippen LogP contribution is -2.73. The molecular formula is C10H15NO2. The summed E-state index contributed by atoms with van der Waals surface area (Å²) in [6.07, 6.45) is 6.00. The second-order valence-corrected chi connectivity index (χ2v) is 4.51. The molecule has 2 unspecified atom stereocenters. The molecule has 13 heavy (non-hydrogen) atoms. The van der Waals surface area contributed by atoms with E-state index < -0.39 is 0 Å². The van der Waals surface area contributed by atoms with Crippen LogP contribution >= 0.6 is 0 Å². The van der Waals surface area contributed by atoms with Crippen molar-refractivity contribution in [2.24, 2.45) is 5.41 Å². The summed E-state index contributed by atoms with van der Waals surface area (Å²) in [7, 11) is 0. The fourth-order valence-electron chi connectivity index (χ4n) is 2.90. The van der Waals surface area contributed by atoms with Crippen LogP contribution in [0.3, 0.4) is 0 Å². The minimum absolute atomic E-state index is 0.00894. The number of β-lactam (4-membered cyclic amide) rings is 1. The fourth-order valence-corrected chi connectivity index (χ4v) is 2.90. The molecule has 0 aromatic heterocycles. The van der Waals surface area contributed by atoms with Gasteiger partial charge in [-0.3, -0.25) is 4.79 Å². The third-order valence-corrected chi connectivity index (χ3v) is 3.92. The Hall–Kier alpha value is -0.570. The minimum atomic E-state index is 0.00894. The summed E-state index contributed by atoms with van der Waals surface area (Å²) in [5, 5.41) is 3.01. The first kappa shape index (κ1) is 7.80. The summed E-state index contributed by atoms with van der Waals surface area (Å²) in [5.41, 5.74) is 0.00894. The number of carbonyl (C=O) groups is 1. The van der Waals surface area contributed by atoms with E-state index >= 15 is 0 Å². The van der Waals surface area contributed by atoms with Gasteiger partial charge in [0.25, 0.3) is 0 Å². The third-order valence-electron chi connectivity index (χ3n) is 3.92. The van der Waals surface area contributed by atoms with Crippen molar-refractivity contribution >= 4 is 5.91 Å². The Morgan fingerprint density at radius 2 is 2.23 bits per heavy atom. The highest BCUT2D eigenvalue weighted by atomic mass is 16.5. The van der Waals surface area contributed by atoms with Gasteiger partial charge in [0.15, 0.2) is 0 Å². The van der Waals surface area contributed by atoms with Gasteiger partial charge in [-0.05, 0) is 25.7 Å². The highest BCUT2D eigenvalue weighted by Crippen LogP contribution is 2.51. The number of nitrogens with one attached hydrogen (secondary N) is 1. The van der Waals surface area contributed by atoms with Crippen molar-refractivity contribution in [3.63, 3.8) is 0 Å². The van der Waals surface area contributed by atoms with E-state index in [-0.39, 0.29) is 11.3 Å². The van der Waals surface area contributed by atoms with Crippen LogP contribution in [0.4, 0.5) is 0 Å². The molecule has 2 heterocycles. The maximum Gasteiger partial charge on any atom is 0.228 e. The summed E-state index contributed by atoms with van der Waals surface area (Å²) < 4.78 is 5.62. The number of amides is 1. The third kappa shape index (κ3) is 0.857. The molecule has 1 aliphatic carbocycles.